The standard InChI is InChI=1S/C24H29FN2O4S/c1-2-3-4-19-31-22-10-5-20(6-11-22)7-14-24(28)26-15-17-27(18-16-26)32(29,30)23-12-8-21(25)9-13-23/h5-14H,2-4,15-19H2,1H3. The highest BCUT2D eigenvalue weighted by Crippen LogP contribution is 2.19. The molecule has 0 atom stereocenters. The number of sulfonamides is 1. The lowest BCUT2D eigenvalue weighted by molar-refractivity contribution is -0.127. The van der Waals surface area contributed by atoms with E-state index >= 15 is 0 Å². The number of amides is 1. The molecule has 3 rings (SSSR count). The minimum Gasteiger partial charge on any atom is -0.494 e. The highest BCUT2D eigenvalue weighted by atomic mass is 32.2. The van der Waals surface area contributed by atoms with Crippen molar-refractivity contribution in [2.75, 3.05) is 32.8 Å². The van der Waals surface area contributed by atoms with Crippen LogP contribution in [0.2, 0.25) is 0 Å². The number of nitrogens with zero attached hydrogens (tertiary/aromatic N) is 2. The Hall–Kier alpha value is -2.71. The number of hydrogen-bond acceptors (Lipinski definition) is 4. The van der Waals surface area contributed by atoms with Gasteiger partial charge in [0.1, 0.15) is 11.6 Å². The third-order valence-electron chi connectivity index (χ3n) is 5.32. The maximum absolute atomic E-state index is 13.1. The summed E-state index contributed by atoms with van der Waals surface area (Å²) in [6.07, 6.45) is 6.58. The van der Waals surface area contributed by atoms with Crippen LogP contribution >= 0.6 is 0 Å². The van der Waals surface area contributed by atoms with Crippen molar-refractivity contribution in [1.29, 1.82) is 0 Å². The highest BCUT2D eigenvalue weighted by molar-refractivity contribution is 7.89. The summed E-state index contributed by atoms with van der Waals surface area (Å²) in [7, 11) is -3.70. The van der Waals surface area contributed by atoms with Crippen LogP contribution < -0.4 is 4.74 Å². The van der Waals surface area contributed by atoms with Gasteiger partial charge in [-0.3, -0.25) is 4.79 Å². The number of unbranched alkanes of at least 4 members (excludes halogenated alkanes) is 2. The van der Waals surface area contributed by atoms with Gasteiger partial charge in [0.25, 0.3) is 0 Å². The number of benzene rings is 2. The second kappa shape index (κ2) is 11.2. The molecular formula is C24H29FN2O4S. The minimum absolute atomic E-state index is 0.0522. The van der Waals surface area contributed by atoms with Gasteiger partial charge in [-0.15, -0.1) is 0 Å². The van der Waals surface area contributed by atoms with E-state index in [2.05, 4.69) is 6.92 Å². The summed E-state index contributed by atoms with van der Waals surface area (Å²) in [6.45, 7) is 3.84. The number of hydrogen-bond donors (Lipinski definition) is 0. The van der Waals surface area contributed by atoms with Gasteiger partial charge in [-0.05, 0) is 54.5 Å². The SMILES string of the molecule is CCCCCOc1ccc(C=CC(=O)N2CCN(S(=O)(=O)c3ccc(F)cc3)CC2)cc1. The van der Waals surface area contributed by atoms with E-state index in [1.165, 1.54) is 22.5 Å². The van der Waals surface area contributed by atoms with Crippen LogP contribution in [0.15, 0.2) is 59.5 Å². The van der Waals surface area contributed by atoms with Crippen LogP contribution in [-0.4, -0.2) is 56.3 Å². The maximum Gasteiger partial charge on any atom is 0.246 e. The molecule has 0 unspecified atom stereocenters. The molecule has 1 fully saturated rings. The van der Waals surface area contributed by atoms with E-state index in [0.29, 0.717) is 19.7 Å². The molecule has 0 aliphatic carbocycles. The Bertz CT molecular complexity index is 1010. The van der Waals surface area contributed by atoms with Gasteiger partial charge in [-0.2, -0.15) is 4.31 Å². The van der Waals surface area contributed by atoms with Crippen LogP contribution in [0.5, 0.6) is 5.75 Å². The van der Waals surface area contributed by atoms with Gasteiger partial charge in [0.15, 0.2) is 0 Å². The summed E-state index contributed by atoms with van der Waals surface area (Å²) in [4.78, 5) is 14.2. The molecule has 6 nitrogen and oxygen atoms in total. The van der Waals surface area contributed by atoms with Crippen LogP contribution in [0.4, 0.5) is 4.39 Å². The molecule has 8 heteroatoms. The molecule has 0 saturated carbocycles. The fourth-order valence-corrected chi connectivity index (χ4v) is 4.82. The van der Waals surface area contributed by atoms with Gasteiger partial charge in [0, 0.05) is 32.3 Å². The largest absolute Gasteiger partial charge is 0.494 e. The molecule has 0 spiro atoms. The quantitative estimate of drug-likeness (QED) is 0.420. The van der Waals surface area contributed by atoms with Crippen LogP contribution in [0.3, 0.4) is 0 Å². The molecule has 0 aromatic heterocycles. The Kier molecular flexibility index (Phi) is 8.41. The monoisotopic (exact) mass is 460 g/mol. The first kappa shape index (κ1) is 23.9. The molecular weight excluding hydrogens is 431 g/mol. The van der Waals surface area contributed by atoms with Crippen LogP contribution in [0.1, 0.15) is 31.7 Å². The smallest absolute Gasteiger partial charge is 0.246 e. The van der Waals surface area contributed by atoms with E-state index in [9.17, 15) is 17.6 Å². The maximum atomic E-state index is 13.1. The fourth-order valence-electron chi connectivity index (χ4n) is 3.39. The second-order valence-corrected chi connectivity index (χ2v) is 9.58. The lowest BCUT2D eigenvalue weighted by atomic mass is 10.2. The summed E-state index contributed by atoms with van der Waals surface area (Å²) >= 11 is 0. The Morgan fingerprint density at radius 3 is 2.28 bits per heavy atom. The molecule has 32 heavy (non-hydrogen) atoms. The molecule has 1 aliphatic heterocycles. The average molecular weight is 461 g/mol. The highest BCUT2D eigenvalue weighted by Gasteiger charge is 2.29. The zero-order valence-electron chi connectivity index (χ0n) is 18.2. The van der Waals surface area contributed by atoms with Crippen molar-refractivity contribution in [3.05, 3.63) is 66.0 Å². The number of ether oxygens (including phenoxy) is 1. The lowest BCUT2D eigenvalue weighted by Crippen LogP contribution is -2.50. The van der Waals surface area contributed by atoms with Crippen molar-refractivity contribution < 1.29 is 22.3 Å². The van der Waals surface area contributed by atoms with E-state index in [1.54, 1.807) is 11.0 Å². The number of piperazine rings is 1. The van der Waals surface area contributed by atoms with Crippen LogP contribution in [0, 0.1) is 5.82 Å². The number of rotatable bonds is 9. The first-order chi connectivity index (χ1) is 15.4. The summed E-state index contributed by atoms with van der Waals surface area (Å²) in [5.74, 6) is 0.159. The van der Waals surface area contributed by atoms with E-state index in [1.807, 2.05) is 24.3 Å². The lowest BCUT2D eigenvalue weighted by Gasteiger charge is -2.33. The fraction of sp³-hybridized carbons (Fsp3) is 0.375. The Morgan fingerprint density at radius 2 is 1.66 bits per heavy atom. The summed E-state index contributed by atoms with van der Waals surface area (Å²) in [5, 5.41) is 0. The second-order valence-electron chi connectivity index (χ2n) is 7.64. The average Bonchev–Trinajstić information content (AvgIpc) is 2.81. The van der Waals surface area contributed by atoms with Gasteiger partial charge in [-0.25, -0.2) is 12.8 Å². The van der Waals surface area contributed by atoms with E-state index in [0.717, 1.165) is 42.7 Å². The molecule has 2 aromatic rings. The van der Waals surface area contributed by atoms with Gasteiger partial charge in [-0.1, -0.05) is 31.9 Å². The van der Waals surface area contributed by atoms with Crippen molar-refractivity contribution in [1.82, 2.24) is 9.21 Å². The third-order valence-corrected chi connectivity index (χ3v) is 7.23. The van der Waals surface area contributed by atoms with Gasteiger partial charge in [0.05, 0.1) is 11.5 Å². The van der Waals surface area contributed by atoms with Crippen molar-refractivity contribution in [3.8, 4) is 5.75 Å². The van der Waals surface area contributed by atoms with E-state index in [-0.39, 0.29) is 23.9 Å². The van der Waals surface area contributed by atoms with Crippen molar-refractivity contribution >= 4 is 22.0 Å². The van der Waals surface area contributed by atoms with Gasteiger partial charge < -0.3 is 9.64 Å². The first-order valence-corrected chi connectivity index (χ1v) is 12.3. The van der Waals surface area contributed by atoms with Gasteiger partial charge in [0.2, 0.25) is 15.9 Å². The zero-order valence-corrected chi connectivity index (χ0v) is 19.1. The van der Waals surface area contributed by atoms with Crippen molar-refractivity contribution in [2.24, 2.45) is 0 Å². The normalized spacial score (nSPS) is 15.2. The van der Waals surface area contributed by atoms with Crippen molar-refractivity contribution in [3.63, 3.8) is 0 Å². The van der Waals surface area contributed by atoms with E-state index < -0.39 is 15.8 Å². The molecule has 0 N–H and O–H groups in total. The summed E-state index contributed by atoms with van der Waals surface area (Å²) in [6, 6.07) is 12.3. The predicted molar refractivity (Wildman–Crippen MR) is 122 cm³/mol. The first-order valence-electron chi connectivity index (χ1n) is 10.9. The molecule has 2 aromatic carbocycles. The topological polar surface area (TPSA) is 66.9 Å². The van der Waals surface area contributed by atoms with Crippen LogP contribution in [-0.2, 0) is 14.8 Å². The molecule has 0 bridgehead atoms. The predicted octanol–water partition coefficient (Wildman–Crippen LogP) is 3.94. The molecule has 1 amide bonds. The summed E-state index contributed by atoms with van der Waals surface area (Å²) in [5.41, 5.74) is 0.886. The van der Waals surface area contributed by atoms with E-state index in [4.69, 9.17) is 4.74 Å². The Balaban J connectivity index is 1.50. The third kappa shape index (κ3) is 6.40. The molecule has 172 valence electrons. The molecule has 1 heterocycles. The molecule has 1 aliphatic rings. The molecule has 0 radical (unpaired) electrons. The van der Waals surface area contributed by atoms with Crippen molar-refractivity contribution in [2.45, 2.75) is 31.1 Å². The summed E-state index contributed by atoms with van der Waals surface area (Å²) < 4.78 is 45.5. The Labute approximate surface area is 189 Å². The Morgan fingerprint density at radius 1 is 1.00 bits per heavy atom. The number of carbonyl (C=O) groups is 1. The van der Waals surface area contributed by atoms with Crippen LogP contribution in [0.25, 0.3) is 6.08 Å². The van der Waals surface area contributed by atoms with Gasteiger partial charge >= 0.3 is 0 Å². The molecule has 1 saturated heterocycles. The number of halogens is 1. The number of carbonyl (C=O) groups excluding carboxylic acids is 1. The minimum atomic E-state index is -3.70. The zero-order chi connectivity index (χ0) is 23.0.